The molecule has 0 spiro atoms. The number of anilines is 1. The third kappa shape index (κ3) is 5.64. The summed E-state index contributed by atoms with van der Waals surface area (Å²) >= 11 is 0. The van der Waals surface area contributed by atoms with Crippen LogP contribution >= 0.6 is 0 Å². The molecule has 1 saturated heterocycles. The van der Waals surface area contributed by atoms with Gasteiger partial charge in [0.1, 0.15) is 5.56 Å². The Morgan fingerprint density at radius 1 is 1.09 bits per heavy atom. The maximum atomic E-state index is 13.9. The van der Waals surface area contributed by atoms with E-state index in [-0.39, 0.29) is 24.5 Å². The van der Waals surface area contributed by atoms with Crippen molar-refractivity contribution in [2.24, 2.45) is 11.8 Å². The normalized spacial score (nSPS) is 21.5. The number of esters is 1. The van der Waals surface area contributed by atoms with Gasteiger partial charge in [0, 0.05) is 18.2 Å². The van der Waals surface area contributed by atoms with Gasteiger partial charge in [-0.1, -0.05) is 37.3 Å². The van der Waals surface area contributed by atoms with E-state index >= 15 is 0 Å². The molecule has 0 bridgehead atoms. The van der Waals surface area contributed by atoms with Gasteiger partial charge in [0.15, 0.2) is 5.82 Å². The van der Waals surface area contributed by atoms with Gasteiger partial charge in [0.25, 0.3) is 0 Å². The zero-order valence-corrected chi connectivity index (χ0v) is 19.8. The maximum absolute atomic E-state index is 13.9. The highest BCUT2D eigenvalue weighted by atomic mass is 16.5. The number of aromatic nitrogens is 2. The first kappa shape index (κ1) is 23.5. The molecule has 0 atom stereocenters. The van der Waals surface area contributed by atoms with Crippen molar-refractivity contribution >= 4 is 17.7 Å². The topological polar surface area (TPSA) is 76.5 Å². The van der Waals surface area contributed by atoms with E-state index in [4.69, 9.17) is 9.84 Å². The van der Waals surface area contributed by atoms with E-state index in [9.17, 15) is 9.59 Å². The predicted molar refractivity (Wildman–Crippen MR) is 128 cm³/mol. The summed E-state index contributed by atoms with van der Waals surface area (Å²) in [5.41, 5.74) is 1.46. The molecule has 1 saturated carbocycles. The Labute approximate surface area is 196 Å². The summed E-state index contributed by atoms with van der Waals surface area (Å²) in [4.78, 5) is 28.7. The number of nitrogens with one attached hydrogen (secondary N) is 1. The van der Waals surface area contributed by atoms with Gasteiger partial charge in [-0.2, -0.15) is 5.10 Å². The molecule has 33 heavy (non-hydrogen) atoms. The van der Waals surface area contributed by atoms with Gasteiger partial charge >= 0.3 is 5.97 Å². The van der Waals surface area contributed by atoms with Gasteiger partial charge in [0.2, 0.25) is 5.91 Å². The lowest BCUT2D eigenvalue weighted by molar-refractivity contribution is -0.124. The molecule has 1 aromatic heterocycles. The van der Waals surface area contributed by atoms with Gasteiger partial charge in [-0.3, -0.25) is 14.4 Å². The second-order valence-electron chi connectivity index (χ2n) is 9.42. The van der Waals surface area contributed by atoms with Crippen LogP contribution in [0.1, 0.15) is 68.3 Å². The van der Waals surface area contributed by atoms with Crippen LogP contribution < -0.4 is 10.2 Å². The zero-order valence-electron chi connectivity index (χ0n) is 19.8. The minimum Gasteiger partial charge on any atom is -0.462 e. The van der Waals surface area contributed by atoms with Crippen LogP contribution in [0.25, 0.3) is 0 Å². The minimum absolute atomic E-state index is 0.00888. The Kier molecular flexibility index (Phi) is 7.81. The maximum Gasteiger partial charge on any atom is 0.343 e. The highest BCUT2D eigenvalue weighted by Crippen LogP contribution is 2.34. The fourth-order valence-electron chi connectivity index (χ4n) is 5.02. The van der Waals surface area contributed by atoms with Crippen molar-refractivity contribution in [2.45, 2.75) is 65.0 Å². The number of ether oxygens (including phenoxy) is 1. The molecule has 7 heteroatoms. The fourth-order valence-corrected chi connectivity index (χ4v) is 5.02. The first-order valence-corrected chi connectivity index (χ1v) is 12.4. The highest BCUT2D eigenvalue weighted by Gasteiger charge is 2.37. The van der Waals surface area contributed by atoms with Gasteiger partial charge in [-0.25, -0.2) is 4.79 Å². The molecule has 1 aliphatic carbocycles. The van der Waals surface area contributed by atoms with E-state index in [1.54, 1.807) is 17.8 Å². The molecular weight excluding hydrogens is 416 g/mol. The summed E-state index contributed by atoms with van der Waals surface area (Å²) in [6.45, 7) is 6.58. The van der Waals surface area contributed by atoms with Crippen molar-refractivity contribution in [1.29, 1.82) is 0 Å². The Morgan fingerprint density at radius 2 is 1.79 bits per heavy atom. The Hall–Kier alpha value is -2.67. The van der Waals surface area contributed by atoms with Gasteiger partial charge in [0.05, 0.1) is 13.2 Å². The molecule has 2 heterocycles. The SMILES string of the molecule is CCOC(=O)c1cn(Cc2ccccc2)nc1N(C(=O)[C@H]1CC[C@H](C)CC1)C1CCNCC1. The number of carbonyl (C=O) groups excluding carboxylic acids is 2. The molecule has 1 aromatic carbocycles. The van der Waals surface area contributed by atoms with Crippen molar-refractivity contribution in [3.63, 3.8) is 0 Å². The Balaban J connectivity index is 1.70. The van der Waals surface area contributed by atoms with Crippen LogP contribution in [-0.4, -0.2) is 47.4 Å². The summed E-state index contributed by atoms with van der Waals surface area (Å²) in [6, 6.07) is 10.0. The summed E-state index contributed by atoms with van der Waals surface area (Å²) in [7, 11) is 0. The van der Waals surface area contributed by atoms with Crippen LogP contribution in [0.15, 0.2) is 36.5 Å². The van der Waals surface area contributed by atoms with Crippen LogP contribution in [-0.2, 0) is 16.1 Å². The van der Waals surface area contributed by atoms with Crippen molar-refractivity contribution < 1.29 is 14.3 Å². The Bertz CT molecular complexity index is 928. The second-order valence-corrected chi connectivity index (χ2v) is 9.42. The van der Waals surface area contributed by atoms with Crippen LogP contribution in [0, 0.1) is 11.8 Å². The van der Waals surface area contributed by atoms with Crippen LogP contribution in [0.4, 0.5) is 5.82 Å². The molecule has 1 amide bonds. The zero-order chi connectivity index (χ0) is 23.2. The molecule has 2 aliphatic rings. The molecule has 1 aliphatic heterocycles. The molecule has 2 aromatic rings. The summed E-state index contributed by atoms with van der Waals surface area (Å²) in [5, 5.41) is 8.20. The van der Waals surface area contributed by atoms with Crippen molar-refractivity contribution in [1.82, 2.24) is 15.1 Å². The van der Waals surface area contributed by atoms with Crippen molar-refractivity contribution in [3.8, 4) is 0 Å². The van der Waals surface area contributed by atoms with E-state index in [0.29, 0.717) is 23.8 Å². The summed E-state index contributed by atoms with van der Waals surface area (Å²) < 4.78 is 7.13. The first-order valence-electron chi connectivity index (χ1n) is 12.4. The number of amides is 1. The third-order valence-electron chi connectivity index (χ3n) is 6.93. The van der Waals surface area contributed by atoms with Gasteiger partial charge in [-0.05, 0) is 70.0 Å². The number of hydrogen-bond acceptors (Lipinski definition) is 5. The average molecular weight is 453 g/mol. The van der Waals surface area contributed by atoms with Crippen molar-refractivity contribution in [3.05, 3.63) is 47.7 Å². The number of carbonyl (C=O) groups is 2. The van der Waals surface area contributed by atoms with E-state index in [2.05, 4.69) is 12.2 Å². The largest absolute Gasteiger partial charge is 0.462 e. The molecule has 2 fully saturated rings. The molecule has 7 nitrogen and oxygen atoms in total. The number of rotatable bonds is 7. The molecule has 178 valence electrons. The number of benzene rings is 1. The third-order valence-corrected chi connectivity index (χ3v) is 6.93. The van der Waals surface area contributed by atoms with E-state index in [1.165, 1.54) is 0 Å². The lowest BCUT2D eigenvalue weighted by Gasteiger charge is -2.37. The lowest BCUT2D eigenvalue weighted by atomic mass is 9.82. The lowest BCUT2D eigenvalue weighted by Crippen LogP contribution is -2.49. The van der Waals surface area contributed by atoms with E-state index < -0.39 is 5.97 Å². The highest BCUT2D eigenvalue weighted by molar-refractivity contribution is 6.02. The molecule has 0 radical (unpaired) electrons. The molecule has 1 N–H and O–H groups in total. The van der Waals surface area contributed by atoms with Crippen molar-refractivity contribution in [2.75, 3.05) is 24.6 Å². The fraction of sp³-hybridized carbons (Fsp3) is 0.577. The number of hydrogen-bond donors (Lipinski definition) is 1. The second kappa shape index (κ2) is 11.0. The van der Waals surface area contributed by atoms with Gasteiger partial charge in [-0.15, -0.1) is 0 Å². The minimum atomic E-state index is -0.421. The number of piperidine rings is 1. The Morgan fingerprint density at radius 3 is 2.45 bits per heavy atom. The molecule has 4 rings (SSSR count). The van der Waals surface area contributed by atoms with Crippen LogP contribution in [0.3, 0.4) is 0 Å². The van der Waals surface area contributed by atoms with Gasteiger partial charge < -0.3 is 10.1 Å². The van der Waals surface area contributed by atoms with Crippen LogP contribution in [0.2, 0.25) is 0 Å². The summed E-state index contributed by atoms with van der Waals surface area (Å²) in [6.07, 6.45) is 7.39. The van der Waals surface area contributed by atoms with Crippen LogP contribution in [0.5, 0.6) is 0 Å². The predicted octanol–water partition coefficient (Wildman–Crippen LogP) is 4.02. The standard InChI is InChI=1S/C26H36N4O3/c1-3-33-26(32)23-18-29(17-20-7-5-4-6-8-20)28-24(23)30(22-13-15-27-16-14-22)25(31)21-11-9-19(2)10-12-21/h4-8,18-19,21-22,27H,3,9-17H2,1-2H3/t19-,21-. The average Bonchev–Trinajstić information content (AvgIpc) is 3.24. The smallest absolute Gasteiger partial charge is 0.343 e. The monoisotopic (exact) mass is 452 g/mol. The van der Waals surface area contributed by atoms with E-state index in [1.807, 2.05) is 35.2 Å². The molecule has 0 unspecified atom stereocenters. The van der Waals surface area contributed by atoms with E-state index in [0.717, 1.165) is 57.2 Å². The quantitative estimate of drug-likeness (QED) is 0.642. The molecular formula is C26H36N4O3. The summed E-state index contributed by atoms with van der Waals surface area (Å²) in [5.74, 6) is 0.812. The number of nitrogens with zero attached hydrogens (tertiary/aromatic N) is 3. The first-order chi connectivity index (χ1) is 16.1.